The number of hydrogen-bond donors (Lipinski definition) is 1. The largest absolute Gasteiger partial charge is 0.382 e. The van der Waals surface area contributed by atoms with Crippen molar-refractivity contribution in [3.8, 4) is 11.1 Å². The molecule has 122 valence electrons. The number of imidazole rings is 1. The van der Waals surface area contributed by atoms with Crippen molar-refractivity contribution in [1.82, 2.24) is 9.38 Å². The normalized spacial score (nSPS) is 19.6. The number of benzene rings is 1. The first kappa shape index (κ1) is 14.8. The van der Waals surface area contributed by atoms with Gasteiger partial charge < -0.3 is 5.73 Å². The van der Waals surface area contributed by atoms with Crippen molar-refractivity contribution in [2.24, 2.45) is 5.92 Å². The minimum absolute atomic E-state index is 0.0708. The van der Waals surface area contributed by atoms with Gasteiger partial charge in [0, 0.05) is 17.3 Å². The Labute approximate surface area is 136 Å². The van der Waals surface area contributed by atoms with Crippen LogP contribution < -0.4 is 5.73 Å². The van der Waals surface area contributed by atoms with Crippen LogP contribution in [0, 0.1) is 18.7 Å². The van der Waals surface area contributed by atoms with Crippen molar-refractivity contribution in [3.63, 3.8) is 0 Å². The van der Waals surface area contributed by atoms with Gasteiger partial charge in [-0.25, -0.2) is 13.8 Å². The Morgan fingerprint density at radius 1 is 1.33 bits per heavy atom. The summed E-state index contributed by atoms with van der Waals surface area (Å²) in [6.45, 7) is 1.81. The summed E-state index contributed by atoms with van der Waals surface area (Å²) in [5, 5.41) is 0. The molecule has 2 heterocycles. The molecular formula is C18H15F2N3O. The van der Waals surface area contributed by atoms with E-state index in [0.29, 0.717) is 16.8 Å². The van der Waals surface area contributed by atoms with Crippen LogP contribution in [0.5, 0.6) is 0 Å². The van der Waals surface area contributed by atoms with E-state index >= 15 is 0 Å². The highest BCUT2D eigenvalue weighted by atomic mass is 19.1. The summed E-state index contributed by atoms with van der Waals surface area (Å²) < 4.78 is 29.0. The SMILES string of the molecule is Cc1cccc(F)c1-c1ccc2nc(N)c(C(=O)[C@@H]3C[C@@H]3F)n2c1. The molecule has 0 saturated heterocycles. The molecular weight excluding hydrogens is 312 g/mol. The molecule has 0 spiro atoms. The van der Waals surface area contributed by atoms with E-state index < -0.39 is 12.1 Å². The van der Waals surface area contributed by atoms with Gasteiger partial charge in [0.15, 0.2) is 11.6 Å². The van der Waals surface area contributed by atoms with E-state index in [4.69, 9.17) is 5.73 Å². The van der Waals surface area contributed by atoms with Crippen LogP contribution in [0.15, 0.2) is 36.5 Å². The minimum Gasteiger partial charge on any atom is -0.382 e. The van der Waals surface area contributed by atoms with E-state index in [1.54, 1.807) is 24.4 Å². The van der Waals surface area contributed by atoms with Crippen molar-refractivity contribution in [2.45, 2.75) is 19.5 Å². The van der Waals surface area contributed by atoms with Crippen LogP contribution in [-0.4, -0.2) is 21.3 Å². The molecule has 0 bridgehead atoms. The second-order valence-corrected chi connectivity index (χ2v) is 6.15. The quantitative estimate of drug-likeness (QED) is 0.748. The lowest BCUT2D eigenvalue weighted by Gasteiger charge is -2.09. The van der Waals surface area contributed by atoms with Crippen molar-refractivity contribution >= 4 is 17.2 Å². The minimum atomic E-state index is -1.11. The molecule has 2 aromatic heterocycles. The molecule has 1 aliphatic carbocycles. The Morgan fingerprint density at radius 2 is 2.08 bits per heavy atom. The first-order valence-electron chi connectivity index (χ1n) is 7.68. The fourth-order valence-electron chi connectivity index (χ4n) is 3.06. The molecule has 1 aromatic carbocycles. The number of nitrogen functional groups attached to an aromatic ring is 1. The number of pyridine rings is 1. The van der Waals surface area contributed by atoms with E-state index in [0.717, 1.165) is 5.56 Å². The Balaban J connectivity index is 1.90. The van der Waals surface area contributed by atoms with Crippen molar-refractivity contribution < 1.29 is 13.6 Å². The zero-order valence-corrected chi connectivity index (χ0v) is 13.0. The van der Waals surface area contributed by atoms with Gasteiger partial charge in [0.25, 0.3) is 0 Å². The number of carbonyl (C=O) groups is 1. The predicted molar refractivity (Wildman–Crippen MR) is 87.1 cm³/mol. The van der Waals surface area contributed by atoms with Crippen molar-refractivity contribution in [2.75, 3.05) is 5.73 Å². The number of aryl methyl sites for hydroxylation is 1. The molecule has 1 fully saturated rings. The van der Waals surface area contributed by atoms with Crippen LogP contribution in [0.4, 0.5) is 14.6 Å². The van der Waals surface area contributed by atoms with Gasteiger partial charge >= 0.3 is 0 Å². The highest BCUT2D eigenvalue weighted by Crippen LogP contribution is 2.38. The second kappa shape index (κ2) is 5.12. The molecule has 0 aliphatic heterocycles. The van der Waals surface area contributed by atoms with Crippen LogP contribution in [-0.2, 0) is 0 Å². The first-order chi connectivity index (χ1) is 11.5. The molecule has 24 heavy (non-hydrogen) atoms. The predicted octanol–water partition coefficient (Wildman–Crippen LogP) is 3.57. The van der Waals surface area contributed by atoms with Crippen molar-refractivity contribution in [3.05, 3.63) is 53.6 Å². The van der Waals surface area contributed by atoms with Crippen molar-refractivity contribution in [1.29, 1.82) is 0 Å². The number of fused-ring (bicyclic) bond motifs is 1. The van der Waals surface area contributed by atoms with E-state index in [-0.39, 0.29) is 29.5 Å². The standard InChI is InChI=1S/C18H15F2N3O/c1-9-3-2-4-12(19)15(9)10-5-6-14-22-18(21)16(23(14)8-10)17(24)11-7-13(11)20/h2-6,8,11,13H,7,21H2,1H3/t11-,13+/m1/s1. The molecule has 2 atom stereocenters. The summed E-state index contributed by atoms with van der Waals surface area (Å²) >= 11 is 0. The fourth-order valence-corrected chi connectivity index (χ4v) is 3.06. The molecule has 1 aliphatic rings. The Bertz CT molecular complexity index is 960. The summed E-state index contributed by atoms with van der Waals surface area (Å²) in [6.07, 6.45) is 0.740. The second-order valence-electron chi connectivity index (χ2n) is 6.15. The number of nitrogens with zero attached hydrogens (tertiary/aromatic N) is 2. The number of Topliss-reactive ketones (excluding diaryl/α,β-unsaturated/α-hetero) is 1. The summed E-state index contributed by atoms with van der Waals surface area (Å²) in [4.78, 5) is 16.6. The van der Waals surface area contributed by atoms with Crippen LogP contribution in [0.3, 0.4) is 0 Å². The third-order valence-electron chi connectivity index (χ3n) is 4.44. The molecule has 0 unspecified atom stereocenters. The third kappa shape index (κ3) is 2.18. The monoisotopic (exact) mass is 327 g/mol. The number of nitrogens with two attached hydrogens (primary N) is 1. The van der Waals surface area contributed by atoms with Gasteiger partial charge in [0.2, 0.25) is 0 Å². The Morgan fingerprint density at radius 3 is 2.75 bits per heavy atom. The summed E-state index contributed by atoms with van der Waals surface area (Å²) in [6, 6.07) is 8.25. The number of hydrogen-bond acceptors (Lipinski definition) is 3. The molecule has 0 radical (unpaired) electrons. The average molecular weight is 327 g/mol. The van der Waals surface area contributed by atoms with Gasteiger partial charge in [0.05, 0.1) is 5.92 Å². The first-order valence-corrected chi connectivity index (χ1v) is 7.68. The molecule has 0 amide bonds. The molecule has 4 rings (SSSR count). The van der Waals surface area contributed by atoms with Crippen LogP contribution in [0.25, 0.3) is 16.8 Å². The fraction of sp³-hybridized carbons (Fsp3) is 0.222. The number of alkyl halides is 1. The lowest BCUT2D eigenvalue weighted by atomic mass is 10.0. The van der Waals surface area contributed by atoms with Crippen LogP contribution >= 0.6 is 0 Å². The topological polar surface area (TPSA) is 60.4 Å². The maximum atomic E-state index is 14.2. The molecule has 1 saturated carbocycles. The highest BCUT2D eigenvalue weighted by Gasteiger charge is 2.45. The Hall–Kier alpha value is -2.76. The third-order valence-corrected chi connectivity index (χ3v) is 4.44. The molecule has 6 heteroatoms. The molecule has 3 aromatic rings. The highest BCUT2D eigenvalue weighted by molar-refractivity contribution is 6.03. The van der Waals surface area contributed by atoms with E-state index in [2.05, 4.69) is 4.98 Å². The number of aromatic nitrogens is 2. The molecule has 2 N–H and O–H groups in total. The van der Waals surface area contributed by atoms with Gasteiger partial charge in [-0.1, -0.05) is 12.1 Å². The smallest absolute Gasteiger partial charge is 0.189 e. The zero-order chi connectivity index (χ0) is 17.0. The lowest BCUT2D eigenvalue weighted by molar-refractivity contribution is 0.0952. The number of carbonyl (C=O) groups excluding carboxylic acids is 1. The number of rotatable bonds is 3. The Kier molecular flexibility index (Phi) is 3.16. The summed E-state index contributed by atoms with van der Waals surface area (Å²) in [5.74, 6) is -1.27. The zero-order valence-electron chi connectivity index (χ0n) is 13.0. The summed E-state index contributed by atoms with van der Waals surface area (Å²) in [7, 11) is 0. The van der Waals surface area contributed by atoms with Gasteiger partial charge in [-0.15, -0.1) is 0 Å². The number of ketones is 1. The van der Waals surface area contributed by atoms with Gasteiger partial charge in [-0.3, -0.25) is 9.20 Å². The van der Waals surface area contributed by atoms with Crippen LogP contribution in [0.1, 0.15) is 22.5 Å². The lowest BCUT2D eigenvalue weighted by Crippen LogP contribution is -2.10. The van der Waals surface area contributed by atoms with Gasteiger partial charge in [-0.2, -0.15) is 0 Å². The van der Waals surface area contributed by atoms with E-state index in [1.807, 2.05) is 13.0 Å². The summed E-state index contributed by atoms with van der Waals surface area (Å²) in [5.41, 5.74) is 8.36. The van der Waals surface area contributed by atoms with E-state index in [9.17, 15) is 13.6 Å². The van der Waals surface area contributed by atoms with Crippen LogP contribution in [0.2, 0.25) is 0 Å². The number of anilines is 1. The maximum Gasteiger partial charge on any atom is 0.189 e. The maximum absolute atomic E-state index is 14.2. The molecule has 4 nitrogen and oxygen atoms in total. The average Bonchev–Trinajstić information content (AvgIpc) is 3.16. The van der Waals surface area contributed by atoms with E-state index in [1.165, 1.54) is 10.5 Å². The van der Waals surface area contributed by atoms with Gasteiger partial charge in [-0.05, 0) is 37.1 Å². The van der Waals surface area contributed by atoms with Gasteiger partial charge in [0.1, 0.15) is 23.3 Å². The number of halogens is 2.